The maximum absolute atomic E-state index is 13.4. The van der Waals surface area contributed by atoms with Crippen molar-refractivity contribution in [3.63, 3.8) is 0 Å². The molecule has 0 aliphatic carbocycles. The smallest absolute Gasteiger partial charge is 0.428 e. The number of carboxylic acid groups (broad SMARTS) is 1. The number of hydrazone groups is 1. The molecule has 1 heterocycles. The van der Waals surface area contributed by atoms with Gasteiger partial charge in [-0.05, 0) is 58.4 Å². The molecule has 4 aromatic carbocycles. The Morgan fingerprint density at radius 1 is 0.872 bits per heavy atom. The summed E-state index contributed by atoms with van der Waals surface area (Å²) >= 11 is 0. The first-order valence-electron chi connectivity index (χ1n) is 15.4. The molecule has 0 aromatic heterocycles. The Labute approximate surface area is 273 Å². The van der Waals surface area contributed by atoms with Crippen LogP contribution < -0.4 is 10.7 Å². The molecular weight excluding hydrogens is 596 g/mol. The number of ether oxygens (including phenoxy) is 1. The lowest BCUT2D eigenvalue weighted by atomic mass is 9.93. The summed E-state index contributed by atoms with van der Waals surface area (Å²) in [7, 11) is 0. The van der Waals surface area contributed by atoms with E-state index in [1.54, 1.807) is 17.0 Å². The Morgan fingerprint density at radius 3 is 2.28 bits per heavy atom. The maximum Gasteiger partial charge on any atom is 0.428 e. The molecule has 0 saturated heterocycles. The summed E-state index contributed by atoms with van der Waals surface area (Å²) in [6.45, 7) is 1.26. The van der Waals surface area contributed by atoms with Crippen LogP contribution in [0.5, 0.6) is 0 Å². The summed E-state index contributed by atoms with van der Waals surface area (Å²) in [6.07, 6.45) is 1.48. The van der Waals surface area contributed by atoms with Crippen LogP contribution in [-0.2, 0) is 46.9 Å². The molecule has 1 unspecified atom stereocenters. The molecular formula is C37H36N4O6. The summed E-state index contributed by atoms with van der Waals surface area (Å²) in [5.74, 6) is -2.20. The summed E-state index contributed by atoms with van der Waals surface area (Å²) in [6, 6.07) is 31.9. The first-order chi connectivity index (χ1) is 22.8. The van der Waals surface area contributed by atoms with Gasteiger partial charge >= 0.3 is 12.1 Å². The molecule has 10 heteroatoms. The minimum absolute atomic E-state index is 0.146. The highest BCUT2D eigenvalue weighted by Gasteiger charge is 2.31. The van der Waals surface area contributed by atoms with E-state index < -0.39 is 18.0 Å². The number of amides is 3. The van der Waals surface area contributed by atoms with E-state index in [4.69, 9.17) is 4.74 Å². The summed E-state index contributed by atoms with van der Waals surface area (Å²) < 4.78 is 5.12. The van der Waals surface area contributed by atoms with Crippen molar-refractivity contribution in [1.82, 2.24) is 15.6 Å². The second-order valence-corrected chi connectivity index (χ2v) is 11.3. The number of hydrogen-bond donors (Lipinski definition) is 3. The van der Waals surface area contributed by atoms with E-state index in [2.05, 4.69) is 15.8 Å². The SMILES string of the molecule is O=C(O)CC1Cc2cc(C(=O)NCc3ccc(C=NNC(=O)OCc4ccccc4)cc3)ccc2CN(CCc2ccccc2)C1=O. The monoisotopic (exact) mass is 632 g/mol. The van der Waals surface area contributed by atoms with Crippen LogP contribution in [-0.4, -0.2) is 46.6 Å². The molecule has 4 aromatic rings. The van der Waals surface area contributed by atoms with Crippen molar-refractivity contribution in [2.75, 3.05) is 6.54 Å². The van der Waals surface area contributed by atoms with Crippen LogP contribution in [0.25, 0.3) is 0 Å². The third-order valence-corrected chi connectivity index (χ3v) is 7.91. The summed E-state index contributed by atoms with van der Waals surface area (Å²) in [5, 5.41) is 16.4. The van der Waals surface area contributed by atoms with Crippen molar-refractivity contribution in [3.8, 4) is 0 Å². The summed E-state index contributed by atoms with van der Waals surface area (Å²) in [4.78, 5) is 51.7. The zero-order valence-corrected chi connectivity index (χ0v) is 25.8. The number of carboxylic acids is 1. The Kier molecular flexibility index (Phi) is 11.1. The fourth-order valence-electron chi connectivity index (χ4n) is 5.40. The van der Waals surface area contributed by atoms with Gasteiger partial charge in [-0.15, -0.1) is 0 Å². The number of carbonyl (C=O) groups excluding carboxylic acids is 3. The van der Waals surface area contributed by atoms with Gasteiger partial charge in [0.15, 0.2) is 0 Å². The molecule has 10 nitrogen and oxygen atoms in total. The van der Waals surface area contributed by atoms with E-state index in [0.717, 1.165) is 33.4 Å². The number of fused-ring (bicyclic) bond motifs is 1. The van der Waals surface area contributed by atoms with Gasteiger partial charge in [-0.25, -0.2) is 10.2 Å². The minimum atomic E-state index is -1.03. The average Bonchev–Trinajstić information content (AvgIpc) is 3.21. The minimum Gasteiger partial charge on any atom is -0.481 e. The van der Waals surface area contributed by atoms with Gasteiger partial charge in [-0.3, -0.25) is 14.4 Å². The van der Waals surface area contributed by atoms with Crippen molar-refractivity contribution in [2.24, 2.45) is 11.0 Å². The molecule has 0 saturated carbocycles. The number of nitrogens with one attached hydrogen (secondary N) is 2. The van der Waals surface area contributed by atoms with Crippen molar-refractivity contribution >= 4 is 30.1 Å². The van der Waals surface area contributed by atoms with Crippen molar-refractivity contribution in [2.45, 2.75) is 39.0 Å². The maximum atomic E-state index is 13.4. The van der Waals surface area contributed by atoms with Gasteiger partial charge in [-0.1, -0.05) is 91.0 Å². The lowest BCUT2D eigenvalue weighted by Gasteiger charge is -2.24. The topological polar surface area (TPSA) is 137 Å². The molecule has 1 aliphatic rings. The standard InChI is InChI=1S/C37H36N4O6/c42-34(43)21-33-20-32-19-30(15-16-31(32)24-41(36(33)45)18-17-26-7-3-1-4-8-26)35(44)38-22-27-11-13-28(14-12-27)23-39-40-37(46)47-25-29-9-5-2-6-10-29/h1-16,19,23,33H,17-18,20-22,24-25H2,(H,38,44)(H,40,46)(H,42,43). The van der Waals surface area contributed by atoms with Crippen LogP contribution in [0.2, 0.25) is 0 Å². The molecule has 0 bridgehead atoms. The lowest BCUT2D eigenvalue weighted by molar-refractivity contribution is -0.144. The van der Waals surface area contributed by atoms with Gasteiger partial charge in [-0.2, -0.15) is 5.10 Å². The fourth-order valence-corrected chi connectivity index (χ4v) is 5.40. The van der Waals surface area contributed by atoms with Crippen molar-refractivity contribution in [1.29, 1.82) is 0 Å². The Morgan fingerprint density at radius 2 is 1.57 bits per heavy atom. The zero-order chi connectivity index (χ0) is 33.0. The van der Waals surface area contributed by atoms with Crippen LogP contribution in [0, 0.1) is 5.92 Å². The third-order valence-electron chi connectivity index (χ3n) is 7.91. The number of aliphatic carboxylic acids is 1. The van der Waals surface area contributed by atoms with E-state index in [1.165, 1.54) is 6.21 Å². The number of carbonyl (C=O) groups is 4. The summed E-state index contributed by atoms with van der Waals surface area (Å²) in [5.41, 5.74) is 8.07. The number of rotatable bonds is 12. The van der Waals surface area contributed by atoms with E-state index in [9.17, 15) is 24.3 Å². The second kappa shape index (κ2) is 16.0. The zero-order valence-electron chi connectivity index (χ0n) is 25.8. The largest absolute Gasteiger partial charge is 0.481 e. The molecule has 1 aliphatic heterocycles. The van der Waals surface area contributed by atoms with Gasteiger partial charge in [0.2, 0.25) is 5.91 Å². The number of benzene rings is 4. The van der Waals surface area contributed by atoms with Gasteiger partial charge in [0.25, 0.3) is 5.91 Å². The van der Waals surface area contributed by atoms with E-state index in [-0.39, 0.29) is 37.8 Å². The van der Waals surface area contributed by atoms with Crippen LogP contribution in [0.4, 0.5) is 4.79 Å². The highest BCUT2D eigenvalue weighted by Crippen LogP contribution is 2.26. The molecule has 0 radical (unpaired) electrons. The molecule has 5 rings (SSSR count). The van der Waals surface area contributed by atoms with Gasteiger partial charge in [0, 0.05) is 25.2 Å². The second-order valence-electron chi connectivity index (χ2n) is 11.3. The normalized spacial score (nSPS) is 14.3. The van der Waals surface area contributed by atoms with Crippen molar-refractivity contribution < 1.29 is 29.0 Å². The fraction of sp³-hybridized carbons (Fsp3) is 0.216. The first kappa shape index (κ1) is 32.6. The Hall–Kier alpha value is -5.77. The molecule has 0 spiro atoms. The van der Waals surface area contributed by atoms with Crippen LogP contribution in [0.1, 0.15) is 50.2 Å². The Bertz CT molecular complexity index is 1730. The van der Waals surface area contributed by atoms with Crippen molar-refractivity contribution in [3.05, 3.63) is 142 Å². The van der Waals surface area contributed by atoms with Crippen LogP contribution in [0.3, 0.4) is 0 Å². The van der Waals surface area contributed by atoms with Gasteiger partial charge in [0.05, 0.1) is 18.6 Å². The molecule has 3 amide bonds. The molecule has 0 fully saturated rings. The van der Waals surface area contributed by atoms with Gasteiger partial charge < -0.3 is 20.1 Å². The quantitative estimate of drug-likeness (QED) is 0.147. The van der Waals surface area contributed by atoms with E-state index >= 15 is 0 Å². The predicted octanol–water partition coefficient (Wildman–Crippen LogP) is 5.10. The number of hydrogen-bond acceptors (Lipinski definition) is 6. The van der Waals surface area contributed by atoms with Crippen LogP contribution >= 0.6 is 0 Å². The van der Waals surface area contributed by atoms with E-state index in [0.29, 0.717) is 25.1 Å². The third kappa shape index (κ3) is 9.61. The van der Waals surface area contributed by atoms with Crippen LogP contribution in [0.15, 0.2) is 108 Å². The first-order valence-corrected chi connectivity index (χ1v) is 15.4. The highest BCUT2D eigenvalue weighted by molar-refractivity contribution is 5.94. The molecule has 3 N–H and O–H groups in total. The van der Waals surface area contributed by atoms with E-state index in [1.807, 2.05) is 91.0 Å². The number of nitrogens with zero attached hydrogens (tertiary/aromatic N) is 2. The molecule has 1 atom stereocenters. The molecule has 47 heavy (non-hydrogen) atoms. The average molecular weight is 633 g/mol. The highest BCUT2D eigenvalue weighted by atomic mass is 16.6. The Balaban J connectivity index is 1.15. The lowest BCUT2D eigenvalue weighted by Crippen LogP contribution is -2.37. The predicted molar refractivity (Wildman–Crippen MR) is 176 cm³/mol. The van der Waals surface area contributed by atoms with Gasteiger partial charge in [0.1, 0.15) is 6.61 Å². The molecule has 240 valence electrons.